The Balaban J connectivity index is 2.17. The van der Waals surface area contributed by atoms with Gasteiger partial charge in [0.25, 0.3) is 5.92 Å². The Kier molecular flexibility index (Phi) is 2.02. The van der Waals surface area contributed by atoms with Gasteiger partial charge in [0.1, 0.15) is 11.9 Å². The number of aromatic nitrogens is 2. The molecule has 0 aliphatic heterocycles. The largest absolute Gasteiger partial charge is 0.321 e. The molecule has 1 fully saturated rings. The molecular weight excluding hydrogens is 332 g/mol. The number of nitrogens with zero attached hydrogens (tertiary/aromatic N) is 2. The van der Waals surface area contributed by atoms with Crippen LogP contribution in [0.1, 0.15) is 12.5 Å². The fourth-order valence-corrected chi connectivity index (χ4v) is 2.22. The third-order valence-corrected chi connectivity index (χ3v) is 3.57. The highest BCUT2D eigenvalue weighted by molar-refractivity contribution is 14.1. The molecule has 84 valence electrons. The summed E-state index contributed by atoms with van der Waals surface area (Å²) in [6, 6.07) is 2.00. The maximum atomic E-state index is 13.2. The van der Waals surface area contributed by atoms with Crippen LogP contribution in [-0.2, 0) is 0 Å². The molecule has 1 unspecified atom stereocenters. The number of rotatable bonds is 1. The van der Waals surface area contributed by atoms with Gasteiger partial charge in [-0.3, -0.25) is 0 Å². The molecule has 1 aromatic heterocycles. The van der Waals surface area contributed by atoms with Crippen molar-refractivity contribution < 1.29 is 13.2 Å². The van der Waals surface area contributed by atoms with Gasteiger partial charge in [-0.2, -0.15) is 0 Å². The first kappa shape index (κ1) is 10.4. The molecule has 1 aromatic carbocycles. The number of hydrogen-bond acceptors (Lipinski definition) is 1. The van der Waals surface area contributed by atoms with Crippen LogP contribution in [0.4, 0.5) is 13.2 Å². The van der Waals surface area contributed by atoms with Gasteiger partial charge >= 0.3 is 0 Å². The molecule has 0 saturated heterocycles. The van der Waals surface area contributed by atoms with Crippen LogP contribution in [-0.4, -0.2) is 15.5 Å². The molecule has 1 aliphatic carbocycles. The van der Waals surface area contributed by atoms with Gasteiger partial charge in [0.2, 0.25) is 0 Å². The first-order valence-electron chi connectivity index (χ1n) is 4.68. The van der Waals surface area contributed by atoms with Gasteiger partial charge < -0.3 is 4.57 Å². The molecule has 0 radical (unpaired) electrons. The van der Waals surface area contributed by atoms with Crippen molar-refractivity contribution in [2.24, 2.45) is 0 Å². The minimum Gasteiger partial charge on any atom is -0.321 e. The van der Waals surface area contributed by atoms with E-state index in [9.17, 15) is 13.2 Å². The average Bonchev–Trinajstić information content (AvgIpc) is 2.66. The first-order chi connectivity index (χ1) is 7.49. The van der Waals surface area contributed by atoms with E-state index < -0.39 is 12.0 Å². The Morgan fingerprint density at radius 3 is 2.75 bits per heavy atom. The van der Waals surface area contributed by atoms with E-state index in [-0.39, 0.29) is 12.2 Å². The Labute approximate surface area is 103 Å². The Morgan fingerprint density at radius 2 is 2.12 bits per heavy atom. The van der Waals surface area contributed by atoms with Crippen molar-refractivity contribution in [3.05, 3.63) is 27.8 Å². The topological polar surface area (TPSA) is 17.8 Å². The van der Waals surface area contributed by atoms with Gasteiger partial charge in [0, 0.05) is 12.5 Å². The molecule has 16 heavy (non-hydrogen) atoms. The maximum absolute atomic E-state index is 13.2. The fraction of sp³-hybridized carbons (Fsp3) is 0.300. The van der Waals surface area contributed by atoms with Crippen molar-refractivity contribution in [1.82, 2.24) is 9.55 Å². The zero-order valence-electron chi connectivity index (χ0n) is 7.92. The lowest BCUT2D eigenvalue weighted by Gasteiger charge is -2.02. The van der Waals surface area contributed by atoms with Crippen LogP contribution in [0.5, 0.6) is 0 Å². The van der Waals surface area contributed by atoms with Gasteiger partial charge in [0.05, 0.1) is 20.9 Å². The average molecular weight is 338 g/mol. The number of halogens is 4. The second-order valence-electron chi connectivity index (χ2n) is 3.89. The van der Waals surface area contributed by atoms with Crippen LogP contribution >= 0.6 is 22.6 Å². The molecule has 1 saturated carbocycles. The van der Waals surface area contributed by atoms with Crippen molar-refractivity contribution in [2.75, 3.05) is 0 Å². The monoisotopic (exact) mass is 338 g/mol. The predicted octanol–water partition coefficient (Wildman–Crippen LogP) is 3.36. The van der Waals surface area contributed by atoms with Crippen LogP contribution < -0.4 is 0 Å². The molecule has 0 amide bonds. The van der Waals surface area contributed by atoms with Crippen LogP contribution in [0.15, 0.2) is 18.5 Å². The summed E-state index contributed by atoms with van der Waals surface area (Å²) in [5, 5.41) is 0. The molecule has 0 bridgehead atoms. The molecule has 6 heteroatoms. The van der Waals surface area contributed by atoms with E-state index in [0.29, 0.717) is 14.6 Å². The summed E-state index contributed by atoms with van der Waals surface area (Å²) >= 11 is 1.84. The van der Waals surface area contributed by atoms with Crippen molar-refractivity contribution in [2.45, 2.75) is 18.4 Å². The minimum absolute atomic E-state index is 0.160. The number of benzene rings is 1. The molecule has 0 N–H and O–H groups in total. The highest BCUT2D eigenvalue weighted by atomic mass is 127. The van der Waals surface area contributed by atoms with Crippen molar-refractivity contribution in [3.63, 3.8) is 0 Å². The van der Waals surface area contributed by atoms with E-state index >= 15 is 0 Å². The van der Waals surface area contributed by atoms with E-state index in [0.717, 1.165) is 0 Å². The molecular formula is C10H6F3IN2. The summed E-state index contributed by atoms with van der Waals surface area (Å²) in [4.78, 5) is 3.93. The number of hydrogen-bond donors (Lipinski definition) is 0. The van der Waals surface area contributed by atoms with Gasteiger partial charge in [-0.25, -0.2) is 18.2 Å². The van der Waals surface area contributed by atoms with Crippen LogP contribution in [0, 0.1) is 9.39 Å². The summed E-state index contributed by atoms with van der Waals surface area (Å²) in [5.41, 5.74) is 0.980. The number of alkyl halides is 2. The zero-order chi connectivity index (χ0) is 11.5. The molecule has 2 aromatic rings. The van der Waals surface area contributed by atoms with Gasteiger partial charge in [0.15, 0.2) is 0 Å². The Hall–Kier alpha value is -0.790. The van der Waals surface area contributed by atoms with Crippen LogP contribution in [0.3, 0.4) is 0 Å². The summed E-state index contributed by atoms with van der Waals surface area (Å²) in [7, 11) is 0. The second-order valence-corrected chi connectivity index (χ2v) is 5.05. The third kappa shape index (κ3) is 1.42. The summed E-state index contributed by atoms with van der Waals surface area (Å²) < 4.78 is 40.9. The van der Waals surface area contributed by atoms with E-state index in [1.54, 1.807) is 6.07 Å². The van der Waals surface area contributed by atoms with Crippen molar-refractivity contribution in [1.29, 1.82) is 0 Å². The van der Waals surface area contributed by atoms with E-state index in [2.05, 4.69) is 4.98 Å². The SMILES string of the molecule is Fc1cc2ncn(C3CC3(F)F)c2cc1I. The zero-order valence-corrected chi connectivity index (χ0v) is 10.1. The normalized spacial score (nSPS) is 22.6. The molecule has 1 heterocycles. The molecule has 2 nitrogen and oxygen atoms in total. The van der Waals surface area contributed by atoms with Crippen LogP contribution in [0.25, 0.3) is 11.0 Å². The summed E-state index contributed by atoms with van der Waals surface area (Å²) in [6.07, 6.45) is 1.19. The minimum atomic E-state index is -2.65. The lowest BCUT2D eigenvalue weighted by molar-refractivity contribution is 0.101. The first-order valence-corrected chi connectivity index (χ1v) is 5.76. The smallest absolute Gasteiger partial charge is 0.270 e. The Bertz CT molecular complexity index is 579. The number of imidazole rings is 1. The fourth-order valence-electron chi connectivity index (χ4n) is 1.77. The standard InChI is InChI=1S/C10H6F3IN2/c11-5-1-7-8(2-6(5)14)16(4-15-7)9-3-10(9,12)13/h1-2,4,9H,3H2. The van der Waals surface area contributed by atoms with Gasteiger partial charge in [-0.1, -0.05) is 0 Å². The lowest BCUT2D eigenvalue weighted by atomic mass is 10.3. The van der Waals surface area contributed by atoms with Gasteiger partial charge in [-0.15, -0.1) is 0 Å². The molecule has 1 atom stereocenters. The van der Waals surface area contributed by atoms with E-state index in [4.69, 9.17) is 0 Å². The molecule has 0 spiro atoms. The maximum Gasteiger partial charge on any atom is 0.270 e. The van der Waals surface area contributed by atoms with E-state index in [1.807, 2.05) is 22.6 Å². The Morgan fingerprint density at radius 1 is 1.44 bits per heavy atom. The summed E-state index contributed by atoms with van der Waals surface area (Å²) in [5.74, 6) is -3.02. The van der Waals surface area contributed by atoms with Gasteiger partial charge in [-0.05, 0) is 28.7 Å². The predicted molar refractivity (Wildman–Crippen MR) is 61.0 cm³/mol. The summed E-state index contributed by atoms with van der Waals surface area (Å²) in [6.45, 7) is 0. The van der Waals surface area contributed by atoms with E-state index in [1.165, 1.54) is 17.0 Å². The van der Waals surface area contributed by atoms with Crippen LogP contribution in [0.2, 0.25) is 0 Å². The van der Waals surface area contributed by atoms with Crippen molar-refractivity contribution in [3.8, 4) is 0 Å². The number of fused-ring (bicyclic) bond motifs is 1. The third-order valence-electron chi connectivity index (χ3n) is 2.75. The quantitative estimate of drug-likeness (QED) is 0.729. The highest BCUT2D eigenvalue weighted by Crippen LogP contribution is 2.53. The highest BCUT2D eigenvalue weighted by Gasteiger charge is 2.58. The molecule has 1 aliphatic rings. The lowest BCUT2D eigenvalue weighted by Crippen LogP contribution is -2.01. The van der Waals surface area contributed by atoms with Crippen molar-refractivity contribution >= 4 is 33.6 Å². The molecule has 3 rings (SSSR count). The second kappa shape index (κ2) is 3.12.